The minimum Gasteiger partial charge on any atom is -0.483 e. The molecule has 1 N–H and O–H groups in total. The van der Waals surface area contributed by atoms with E-state index in [0.29, 0.717) is 5.02 Å². The topological polar surface area (TPSA) is 64.6 Å². The maximum atomic E-state index is 13.1. The number of amides is 1. The number of ether oxygens (including phenoxy) is 2. The first kappa shape index (κ1) is 20.7. The summed E-state index contributed by atoms with van der Waals surface area (Å²) >= 11 is 5.94. The molecule has 0 bridgehead atoms. The number of nitrogens with one attached hydrogen (secondary N) is 1. The number of hydrogen-bond acceptors (Lipinski definition) is 4. The lowest BCUT2D eigenvalue weighted by atomic mass is 9.96. The maximum Gasteiger partial charge on any atom is 0.341 e. The summed E-state index contributed by atoms with van der Waals surface area (Å²) in [5.74, 6) is -1.07. The number of carbonyl (C=O) groups is 2. The van der Waals surface area contributed by atoms with Gasteiger partial charge in [-0.25, -0.2) is 9.18 Å². The van der Waals surface area contributed by atoms with Gasteiger partial charge in [-0.2, -0.15) is 0 Å². The van der Waals surface area contributed by atoms with Gasteiger partial charge in [-0.3, -0.25) is 4.79 Å². The first-order valence-corrected chi connectivity index (χ1v) is 8.75. The van der Waals surface area contributed by atoms with Gasteiger partial charge in [0.05, 0.1) is 13.2 Å². The Morgan fingerprint density at radius 2 is 1.81 bits per heavy atom. The lowest BCUT2D eigenvalue weighted by molar-refractivity contribution is -0.124. The quantitative estimate of drug-likeness (QED) is 0.717. The summed E-state index contributed by atoms with van der Waals surface area (Å²) in [5, 5.41) is 3.23. The first-order valence-electron chi connectivity index (χ1n) is 8.37. The van der Waals surface area contributed by atoms with Gasteiger partial charge < -0.3 is 14.8 Å². The van der Waals surface area contributed by atoms with Crippen molar-refractivity contribution in [3.05, 3.63) is 64.4 Å². The zero-order valence-corrected chi connectivity index (χ0v) is 16.0. The van der Waals surface area contributed by atoms with E-state index in [0.717, 1.165) is 5.56 Å². The summed E-state index contributed by atoms with van der Waals surface area (Å²) in [6.45, 7) is 3.58. The van der Waals surface area contributed by atoms with Gasteiger partial charge in [0, 0.05) is 5.02 Å². The van der Waals surface area contributed by atoms with Crippen molar-refractivity contribution in [2.24, 2.45) is 5.92 Å². The summed E-state index contributed by atoms with van der Waals surface area (Å²) in [5.41, 5.74) is 0.964. The Labute approximate surface area is 162 Å². The van der Waals surface area contributed by atoms with E-state index in [9.17, 15) is 14.0 Å². The van der Waals surface area contributed by atoms with Crippen LogP contribution in [0.4, 0.5) is 4.39 Å². The molecule has 0 aromatic heterocycles. The minimum atomic E-state index is -0.589. The molecule has 0 saturated heterocycles. The molecule has 27 heavy (non-hydrogen) atoms. The van der Waals surface area contributed by atoms with Crippen molar-refractivity contribution in [2.45, 2.75) is 19.9 Å². The van der Waals surface area contributed by atoms with Crippen LogP contribution in [0.3, 0.4) is 0 Å². The van der Waals surface area contributed by atoms with Crippen LogP contribution in [0, 0.1) is 11.7 Å². The number of carbonyl (C=O) groups excluding carboxylic acids is 2. The Bertz CT molecular complexity index is 808. The van der Waals surface area contributed by atoms with Crippen LogP contribution >= 0.6 is 11.6 Å². The molecule has 0 aliphatic rings. The largest absolute Gasteiger partial charge is 0.483 e. The van der Waals surface area contributed by atoms with Crippen molar-refractivity contribution < 1.29 is 23.5 Å². The second-order valence-corrected chi connectivity index (χ2v) is 6.70. The van der Waals surface area contributed by atoms with E-state index in [-0.39, 0.29) is 41.6 Å². The third-order valence-electron chi connectivity index (χ3n) is 3.92. The molecule has 7 heteroatoms. The highest BCUT2D eigenvalue weighted by Crippen LogP contribution is 2.25. The third kappa shape index (κ3) is 5.69. The predicted octanol–water partition coefficient (Wildman–Crippen LogP) is 4.16. The van der Waals surface area contributed by atoms with E-state index in [1.54, 1.807) is 12.1 Å². The zero-order chi connectivity index (χ0) is 20.0. The van der Waals surface area contributed by atoms with Crippen molar-refractivity contribution in [1.82, 2.24) is 5.32 Å². The van der Waals surface area contributed by atoms with Gasteiger partial charge in [0.25, 0.3) is 5.91 Å². The summed E-state index contributed by atoms with van der Waals surface area (Å²) in [6.07, 6.45) is 0. The number of benzene rings is 2. The van der Waals surface area contributed by atoms with Gasteiger partial charge >= 0.3 is 5.97 Å². The third-order valence-corrected chi connectivity index (χ3v) is 4.16. The van der Waals surface area contributed by atoms with Crippen molar-refractivity contribution in [3.8, 4) is 5.75 Å². The number of esters is 1. The lowest BCUT2D eigenvalue weighted by Crippen LogP contribution is -2.35. The minimum absolute atomic E-state index is 0.0798. The molecule has 0 aliphatic carbocycles. The Balaban J connectivity index is 2.07. The monoisotopic (exact) mass is 393 g/mol. The normalized spacial score (nSPS) is 11.8. The summed E-state index contributed by atoms with van der Waals surface area (Å²) < 4.78 is 23.3. The molecule has 0 fully saturated rings. The second-order valence-electron chi connectivity index (χ2n) is 6.26. The van der Waals surface area contributed by atoms with E-state index < -0.39 is 5.97 Å². The van der Waals surface area contributed by atoms with Crippen LogP contribution in [-0.2, 0) is 9.53 Å². The Kier molecular flexibility index (Phi) is 7.19. The van der Waals surface area contributed by atoms with Crippen LogP contribution in [0.2, 0.25) is 5.02 Å². The van der Waals surface area contributed by atoms with Crippen molar-refractivity contribution in [2.75, 3.05) is 13.7 Å². The molecule has 5 nitrogen and oxygen atoms in total. The van der Waals surface area contributed by atoms with Gasteiger partial charge in [0.15, 0.2) is 6.61 Å². The number of methoxy groups -OCH3 is 1. The maximum absolute atomic E-state index is 13.1. The molecule has 0 radical (unpaired) electrons. The Hall–Kier alpha value is -2.60. The van der Waals surface area contributed by atoms with Gasteiger partial charge in [-0.15, -0.1) is 0 Å². The number of hydrogen-bond donors (Lipinski definition) is 1. The zero-order valence-electron chi connectivity index (χ0n) is 15.3. The summed E-state index contributed by atoms with van der Waals surface area (Å²) in [6, 6.07) is 10.1. The molecule has 0 spiro atoms. The molecule has 144 valence electrons. The lowest BCUT2D eigenvalue weighted by Gasteiger charge is -2.23. The van der Waals surface area contributed by atoms with Crippen molar-refractivity contribution in [1.29, 1.82) is 0 Å². The molecule has 1 unspecified atom stereocenters. The molecule has 0 aliphatic heterocycles. The highest BCUT2D eigenvalue weighted by Gasteiger charge is 2.20. The molecule has 1 atom stereocenters. The van der Waals surface area contributed by atoms with E-state index in [2.05, 4.69) is 5.32 Å². The highest BCUT2D eigenvalue weighted by molar-refractivity contribution is 6.30. The van der Waals surface area contributed by atoms with Gasteiger partial charge in [-0.1, -0.05) is 37.6 Å². The van der Waals surface area contributed by atoms with Crippen LogP contribution in [0.1, 0.15) is 35.8 Å². The van der Waals surface area contributed by atoms with Crippen LogP contribution in [0.5, 0.6) is 5.75 Å². The first-order chi connectivity index (χ1) is 12.8. The Morgan fingerprint density at radius 1 is 1.15 bits per heavy atom. The molecule has 2 aromatic carbocycles. The summed E-state index contributed by atoms with van der Waals surface area (Å²) in [7, 11) is 1.25. The smallest absolute Gasteiger partial charge is 0.341 e. The van der Waals surface area contributed by atoms with E-state index in [1.165, 1.54) is 37.4 Å². The fraction of sp³-hybridized carbons (Fsp3) is 0.300. The van der Waals surface area contributed by atoms with E-state index >= 15 is 0 Å². The van der Waals surface area contributed by atoms with Crippen LogP contribution in [0.15, 0.2) is 42.5 Å². The average Bonchev–Trinajstić information content (AvgIpc) is 2.64. The molecular formula is C20H21ClFNO4. The highest BCUT2D eigenvalue weighted by atomic mass is 35.5. The van der Waals surface area contributed by atoms with Crippen LogP contribution < -0.4 is 10.1 Å². The van der Waals surface area contributed by atoms with Crippen LogP contribution in [-0.4, -0.2) is 25.6 Å². The van der Waals surface area contributed by atoms with Gasteiger partial charge in [0.1, 0.15) is 17.1 Å². The van der Waals surface area contributed by atoms with Crippen molar-refractivity contribution in [3.63, 3.8) is 0 Å². The molecule has 0 heterocycles. The average molecular weight is 394 g/mol. The number of rotatable bonds is 7. The van der Waals surface area contributed by atoms with Crippen molar-refractivity contribution >= 4 is 23.5 Å². The fourth-order valence-corrected chi connectivity index (χ4v) is 2.72. The Morgan fingerprint density at radius 3 is 2.41 bits per heavy atom. The fourth-order valence-electron chi connectivity index (χ4n) is 2.56. The second kappa shape index (κ2) is 9.37. The standard InChI is InChI=1S/C20H21ClFNO4/c1-12(2)19(13-4-7-15(22)8-5-13)23-18(24)11-27-17-10-14(21)6-9-16(17)20(25)26-3/h4-10,12,19H,11H2,1-3H3,(H,23,24). The van der Waals surface area contributed by atoms with E-state index in [1.807, 2.05) is 13.8 Å². The summed E-state index contributed by atoms with van der Waals surface area (Å²) in [4.78, 5) is 24.1. The van der Waals surface area contributed by atoms with Gasteiger partial charge in [0.2, 0.25) is 0 Å². The predicted molar refractivity (Wildman–Crippen MR) is 100 cm³/mol. The number of halogens is 2. The molecular weight excluding hydrogens is 373 g/mol. The molecule has 0 saturated carbocycles. The van der Waals surface area contributed by atoms with Gasteiger partial charge in [-0.05, 0) is 41.8 Å². The van der Waals surface area contributed by atoms with E-state index in [4.69, 9.17) is 21.1 Å². The molecule has 1 amide bonds. The molecule has 2 rings (SSSR count). The molecule has 2 aromatic rings. The van der Waals surface area contributed by atoms with Crippen LogP contribution in [0.25, 0.3) is 0 Å². The SMILES string of the molecule is COC(=O)c1ccc(Cl)cc1OCC(=O)NC(c1ccc(F)cc1)C(C)C.